The fourth-order valence-electron chi connectivity index (χ4n) is 3.43. The van der Waals surface area contributed by atoms with Gasteiger partial charge in [-0.15, -0.1) is 0 Å². The van der Waals surface area contributed by atoms with Crippen molar-refractivity contribution < 1.29 is 4.79 Å². The van der Waals surface area contributed by atoms with E-state index in [0.29, 0.717) is 5.56 Å². The molecule has 0 spiro atoms. The molecule has 0 bridgehead atoms. The van der Waals surface area contributed by atoms with Crippen LogP contribution in [0.25, 0.3) is 10.9 Å². The highest BCUT2D eigenvalue weighted by molar-refractivity contribution is 6.13. The Bertz CT molecular complexity index is 1260. The SMILES string of the molecule is Cc1ccc(NC(=O)c2cnc3ccccc3c2Nc2ccc(C)c(C)c2)cc1C. The van der Waals surface area contributed by atoms with Crippen molar-refractivity contribution in [3.05, 3.63) is 94.7 Å². The Morgan fingerprint density at radius 2 is 1.40 bits per heavy atom. The lowest BCUT2D eigenvalue weighted by Crippen LogP contribution is -2.15. The number of para-hydroxylation sites is 1. The maximum atomic E-state index is 13.2. The number of anilines is 3. The first kappa shape index (κ1) is 19.6. The van der Waals surface area contributed by atoms with Crippen LogP contribution in [-0.4, -0.2) is 10.9 Å². The molecule has 0 atom stereocenters. The Kier molecular flexibility index (Phi) is 5.23. The summed E-state index contributed by atoms with van der Waals surface area (Å²) < 4.78 is 0. The molecule has 4 nitrogen and oxygen atoms in total. The zero-order valence-corrected chi connectivity index (χ0v) is 17.7. The highest BCUT2D eigenvalue weighted by Gasteiger charge is 2.16. The van der Waals surface area contributed by atoms with E-state index in [-0.39, 0.29) is 5.91 Å². The molecule has 0 radical (unpaired) electrons. The second-order valence-corrected chi connectivity index (χ2v) is 7.74. The summed E-state index contributed by atoms with van der Waals surface area (Å²) >= 11 is 0. The minimum Gasteiger partial charge on any atom is -0.354 e. The third-order valence-electron chi connectivity index (χ3n) is 5.56. The number of hydrogen-bond acceptors (Lipinski definition) is 3. The number of amides is 1. The third-order valence-corrected chi connectivity index (χ3v) is 5.56. The Morgan fingerprint density at radius 1 is 0.767 bits per heavy atom. The second kappa shape index (κ2) is 7.99. The molecule has 4 rings (SSSR count). The number of hydrogen-bond donors (Lipinski definition) is 2. The van der Waals surface area contributed by atoms with Gasteiger partial charge in [0.15, 0.2) is 0 Å². The van der Waals surface area contributed by atoms with E-state index in [2.05, 4.69) is 48.5 Å². The Balaban J connectivity index is 1.76. The van der Waals surface area contributed by atoms with E-state index in [0.717, 1.165) is 33.5 Å². The maximum Gasteiger partial charge on any atom is 0.259 e. The van der Waals surface area contributed by atoms with E-state index in [9.17, 15) is 4.79 Å². The van der Waals surface area contributed by atoms with Crippen molar-refractivity contribution in [3.63, 3.8) is 0 Å². The monoisotopic (exact) mass is 395 g/mol. The summed E-state index contributed by atoms with van der Waals surface area (Å²) in [4.78, 5) is 17.7. The molecule has 1 aromatic heterocycles. The number of pyridine rings is 1. The van der Waals surface area contributed by atoms with Gasteiger partial charge in [-0.2, -0.15) is 0 Å². The molecular formula is C26H25N3O. The van der Waals surface area contributed by atoms with Crippen LogP contribution in [0.2, 0.25) is 0 Å². The van der Waals surface area contributed by atoms with Crippen LogP contribution in [0, 0.1) is 27.7 Å². The predicted molar refractivity (Wildman–Crippen MR) is 125 cm³/mol. The van der Waals surface area contributed by atoms with Crippen molar-refractivity contribution in [1.82, 2.24) is 4.98 Å². The molecule has 0 aliphatic heterocycles. The van der Waals surface area contributed by atoms with Crippen LogP contribution in [0.5, 0.6) is 0 Å². The van der Waals surface area contributed by atoms with Gasteiger partial charge in [-0.1, -0.05) is 30.3 Å². The zero-order valence-electron chi connectivity index (χ0n) is 17.7. The lowest BCUT2D eigenvalue weighted by Gasteiger charge is -2.16. The van der Waals surface area contributed by atoms with Crippen LogP contribution in [-0.2, 0) is 0 Å². The van der Waals surface area contributed by atoms with Gasteiger partial charge in [0.25, 0.3) is 5.91 Å². The molecule has 4 heteroatoms. The molecule has 0 aliphatic rings. The standard InChI is InChI=1S/C26H25N3O/c1-16-9-11-20(13-18(16)3)28-25-22-7-5-6-8-24(22)27-15-23(25)26(30)29-21-12-10-17(2)19(4)14-21/h5-15H,1-4H3,(H,27,28)(H,29,30). The first-order chi connectivity index (χ1) is 14.4. The summed E-state index contributed by atoms with van der Waals surface area (Å²) in [5, 5.41) is 7.39. The molecule has 1 amide bonds. The molecule has 4 aromatic rings. The fourth-order valence-corrected chi connectivity index (χ4v) is 3.43. The summed E-state index contributed by atoms with van der Waals surface area (Å²) in [5.41, 5.74) is 8.56. The summed E-state index contributed by atoms with van der Waals surface area (Å²) in [6.45, 7) is 8.26. The minimum absolute atomic E-state index is 0.192. The van der Waals surface area contributed by atoms with Crippen LogP contribution >= 0.6 is 0 Å². The highest BCUT2D eigenvalue weighted by atomic mass is 16.1. The van der Waals surface area contributed by atoms with E-state index >= 15 is 0 Å². The van der Waals surface area contributed by atoms with Gasteiger partial charge in [0.05, 0.1) is 16.8 Å². The van der Waals surface area contributed by atoms with Gasteiger partial charge in [-0.05, 0) is 80.3 Å². The van der Waals surface area contributed by atoms with Crippen LogP contribution in [0.15, 0.2) is 66.9 Å². The number of aryl methyl sites for hydroxylation is 4. The molecule has 30 heavy (non-hydrogen) atoms. The molecule has 2 N–H and O–H groups in total. The number of carbonyl (C=O) groups is 1. The molecule has 0 saturated carbocycles. The summed E-state index contributed by atoms with van der Waals surface area (Å²) in [6.07, 6.45) is 1.64. The van der Waals surface area contributed by atoms with E-state index in [1.807, 2.05) is 55.5 Å². The topological polar surface area (TPSA) is 54.0 Å². The average molecular weight is 396 g/mol. The van der Waals surface area contributed by atoms with E-state index in [4.69, 9.17) is 0 Å². The number of rotatable bonds is 4. The van der Waals surface area contributed by atoms with Crippen LogP contribution in [0.1, 0.15) is 32.6 Å². The zero-order chi connectivity index (χ0) is 21.3. The van der Waals surface area contributed by atoms with Gasteiger partial charge in [-0.3, -0.25) is 9.78 Å². The second-order valence-electron chi connectivity index (χ2n) is 7.74. The average Bonchev–Trinajstić information content (AvgIpc) is 2.73. The summed E-state index contributed by atoms with van der Waals surface area (Å²) in [5.74, 6) is -0.192. The minimum atomic E-state index is -0.192. The van der Waals surface area contributed by atoms with Crippen molar-refractivity contribution >= 4 is 33.9 Å². The van der Waals surface area contributed by atoms with Crippen LogP contribution in [0.4, 0.5) is 17.1 Å². The largest absolute Gasteiger partial charge is 0.354 e. The Hall–Kier alpha value is -3.66. The van der Waals surface area contributed by atoms with Crippen LogP contribution in [0.3, 0.4) is 0 Å². The number of carbonyl (C=O) groups excluding carboxylic acids is 1. The molecule has 0 saturated heterocycles. The maximum absolute atomic E-state index is 13.2. The Morgan fingerprint density at radius 3 is 2.10 bits per heavy atom. The summed E-state index contributed by atoms with van der Waals surface area (Å²) in [6, 6.07) is 20.0. The van der Waals surface area contributed by atoms with Crippen molar-refractivity contribution in [2.45, 2.75) is 27.7 Å². The van der Waals surface area contributed by atoms with Crippen molar-refractivity contribution in [2.75, 3.05) is 10.6 Å². The first-order valence-electron chi connectivity index (χ1n) is 10.0. The van der Waals surface area contributed by atoms with E-state index < -0.39 is 0 Å². The van der Waals surface area contributed by atoms with Gasteiger partial charge in [0, 0.05) is 23.0 Å². The lowest BCUT2D eigenvalue weighted by molar-refractivity contribution is 0.102. The number of benzene rings is 3. The van der Waals surface area contributed by atoms with E-state index in [1.165, 1.54) is 16.7 Å². The molecule has 3 aromatic carbocycles. The van der Waals surface area contributed by atoms with Gasteiger partial charge in [-0.25, -0.2) is 0 Å². The molecule has 0 aliphatic carbocycles. The molecule has 150 valence electrons. The number of nitrogens with zero attached hydrogens (tertiary/aromatic N) is 1. The van der Waals surface area contributed by atoms with E-state index in [1.54, 1.807) is 6.20 Å². The molecule has 0 unspecified atom stereocenters. The quantitative estimate of drug-likeness (QED) is 0.417. The number of aromatic nitrogens is 1. The van der Waals surface area contributed by atoms with Crippen LogP contribution < -0.4 is 10.6 Å². The summed E-state index contributed by atoms with van der Waals surface area (Å²) in [7, 11) is 0. The molecular weight excluding hydrogens is 370 g/mol. The Labute approximate surface area is 177 Å². The van der Waals surface area contributed by atoms with Crippen molar-refractivity contribution in [3.8, 4) is 0 Å². The fraction of sp³-hybridized carbons (Fsp3) is 0.154. The van der Waals surface area contributed by atoms with Crippen molar-refractivity contribution in [2.24, 2.45) is 0 Å². The van der Waals surface area contributed by atoms with Crippen molar-refractivity contribution in [1.29, 1.82) is 0 Å². The highest BCUT2D eigenvalue weighted by Crippen LogP contribution is 2.30. The van der Waals surface area contributed by atoms with Gasteiger partial charge >= 0.3 is 0 Å². The first-order valence-corrected chi connectivity index (χ1v) is 10.0. The molecule has 1 heterocycles. The molecule has 0 fully saturated rings. The third kappa shape index (κ3) is 3.90. The van der Waals surface area contributed by atoms with Gasteiger partial charge in [0.1, 0.15) is 0 Å². The normalized spacial score (nSPS) is 10.8. The van der Waals surface area contributed by atoms with Gasteiger partial charge in [0.2, 0.25) is 0 Å². The number of fused-ring (bicyclic) bond motifs is 1. The lowest BCUT2D eigenvalue weighted by atomic mass is 10.1. The predicted octanol–water partition coefficient (Wildman–Crippen LogP) is 6.46. The number of nitrogens with one attached hydrogen (secondary N) is 2. The smallest absolute Gasteiger partial charge is 0.259 e. The van der Waals surface area contributed by atoms with Gasteiger partial charge < -0.3 is 10.6 Å².